The van der Waals surface area contributed by atoms with Gasteiger partial charge < -0.3 is 0 Å². The summed E-state index contributed by atoms with van der Waals surface area (Å²) in [6, 6.07) is 62.7. The molecule has 0 spiro atoms. The second kappa shape index (κ2) is 10.4. The molecule has 47 heavy (non-hydrogen) atoms. The van der Waals surface area contributed by atoms with Gasteiger partial charge in [-0.25, -0.2) is 0 Å². The first-order chi connectivity index (χ1) is 23.3. The predicted molar refractivity (Wildman–Crippen MR) is 206 cm³/mol. The van der Waals surface area contributed by atoms with Crippen LogP contribution in [-0.4, -0.2) is 0 Å². The van der Waals surface area contributed by atoms with E-state index in [1.807, 2.05) is 11.3 Å². The molecule has 0 amide bonds. The van der Waals surface area contributed by atoms with Crippen LogP contribution < -0.4 is 0 Å². The third-order valence-electron chi connectivity index (χ3n) is 9.86. The molecule has 0 atom stereocenters. The summed E-state index contributed by atoms with van der Waals surface area (Å²) in [6.07, 6.45) is 0. The Morgan fingerprint density at radius 1 is 0.298 bits per heavy atom. The monoisotopic (exact) mass is 612 g/mol. The van der Waals surface area contributed by atoms with Crippen molar-refractivity contribution in [3.05, 3.63) is 170 Å². The molecule has 218 valence electrons. The average molecular weight is 613 g/mol. The predicted octanol–water partition coefficient (Wildman–Crippen LogP) is 13.7. The van der Waals surface area contributed by atoms with Crippen LogP contribution in [-0.2, 0) is 0 Å². The number of hydrogen-bond donors (Lipinski definition) is 0. The minimum atomic E-state index is 1.24. The Hall–Kier alpha value is -5.76. The number of hydrogen-bond acceptors (Lipinski definition) is 1. The normalized spacial score (nSPS) is 11.8. The molecule has 0 aliphatic rings. The van der Waals surface area contributed by atoms with Crippen LogP contribution in [0.5, 0.6) is 0 Å². The third kappa shape index (κ3) is 4.07. The van der Waals surface area contributed by atoms with Crippen molar-refractivity contribution in [2.75, 3.05) is 0 Å². The van der Waals surface area contributed by atoms with E-state index in [1.54, 1.807) is 0 Å². The molecular weight excluding hydrogens is 585 g/mol. The van der Waals surface area contributed by atoms with Gasteiger partial charge in [-0.05, 0) is 82.5 Å². The van der Waals surface area contributed by atoms with E-state index < -0.39 is 0 Å². The van der Waals surface area contributed by atoms with Crippen LogP contribution in [0.1, 0.15) is 0 Å². The smallest absolute Gasteiger partial charge is 0.0433 e. The summed E-state index contributed by atoms with van der Waals surface area (Å²) in [7, 11) is 0. The van der Waals surface area contributed by atoms with E-state index >= 15 is 0 Å². The summed E-state index contributed by atoms with van der Waals surface area (Å²) >= 11 is 1.91. The van der Waals surface area contributed by atoms with E-state index in [2.05, 4.69) is 170 Å². The van der Waals surface area contributed by atoms with Crippen molar-refractivity contribution >= 4 is 74.6 Å². The Morgan fingerprint density at radius 2 is 0.787 bits per heavy atom. The maximum atomic E-state index is 2.42. The summed E-state index contributed by atoms with van der Waals surface area (Å²) < 4.78 is 2.70. The largest absolute Gasteiger partial charge is 0.135 e. The van der Waals surface area contributed by atoms with Gasteiger partial charge in [-0.3, -0.25) is 0 Å². The summed E-state index contributed by atoms with van der Waals surface area (Å²) in [4.78, 5) is 0. The number of rotatable bonds is 3. The highest BCUT2D eigenvalue weighted by atomic mass is 32.1. The summed E-state index contributed by atoms with van der Waals surface area (Å²) in [5.74, 6) is 0. The first kappa shape index (κ1) is 26.5. The van der Waals surface area contributed by atoms with E-state index in [0.29, 0.717) is 0 Å². The van der Waals surface area contributed by atoms with Crippen molar-refractivity contribution in [2.24, 2.45) is 0 Å². The highest BCUT2D eigenvalue weighted by Crippen LogP contribution is 2.46. The van der Waals surface area contributed by atoms with Gasteiger partial charge >= 0.3 is 0 Å². The van der Waals surface area contributed by atoms with Crippen molar-refractivity contribution in [1.29, 1.82) is 0 Å². The van der Waals surface area contributed by atoms with Gasteiger partial charge in [0, 0.05) is 20.2 Å². The second-order valence-corrected chi connectivity index (χ2v) is 13.5. The molecule has 0 nitrogen and oxygen atoms in total. The van der Waals surface area contributed by atoms with Crippen LogP contribution in [0.3, 0.4) is 0 Å². The molecule has 1 aromatic heterocycles. The van der Waals surface area contributed by atoms with Crippen LogP contribution in [0.25, 0.3) is 96.6 Å². The maximum absolute atomic E-state index is 2.42. The summed E-state index contributed by atoms with van der Waals surface area (Å²) in [6.45, 7) is 0. The summed E-state index contributed by atoms with van der Waals surface area (Å²) in [5, 5.41) is 13.0. The zero-order chi connectivity index (χ0) is 30.9. The van der Waals surface area contributed by atoms with Gasteiger partial charge in [0.1, 0.15) is 0 Å². The Morgan fingerprint density at radius 3 is 1.47 bits per heavy atom. The topological polar surface area (TPSA) is 0 Å². The van der Waals surface area contributed by atoms with Crippen LogP contribution in [0.15, 0.2) is 170 Å². The van der Waals surface area contributed by atoms with Crippen molar-refractivity contribution in [1.82, 2.24) is 0 Å². The quantitative estimate of drug-likeness (QED) is 0.174. The van der Waals surface area contributed by atoms with Gasteiger partial charge in [0.15, 0.2) is 0 Å². The Bertz CT molecular complexity index is 2770. The number of benzene rings is 9. The van der Waals surface area contributed by atoms with Gasteiger partial charge in [0.05, 0.1) is 0 Å². The lowest BCUT2D eigenvalue weighted by atomic mass is 9.85. The molecule has 10 rings (SSSR count). The molecule has 0 aliphatic carbocycles. The molecule has 0 unspecified atom stereocenters. The molecule has 0 radical (unpaired) electrons. The highest BCUT2D eigenvalue weighted by molar-refractivity contribution is 7.26. The Labute approximate surface area is 276 Å². The molecule has 0 N–H and O–H groups in total. The van der Waals surface area contributed by atoms with Crippen LogP contribution in [0, 0.1) is 0 Å². The fourth-order valence-electron chi connectivity index (χ4n) is 7.70. The summed E-state index contributed by atoms with van der Waals surface area (Å²) in [5.41, 5.74) is 7.60. The van der Waals surface area contributed by atoms with Gasteiger partial charge in [-0.1, -0.05) is 164 Å². The van der Waals surface area contributed by atoms with Crippen LogP contribution in [0.2, 0.25) is 0 Å². The van der Waals surface area contributed by atoms with Gasteiger partial charge in [0.2, 0.25) is 0 Å². The molecule has 1 heterocycles. The molecule has 0 aliphatic heterocycles. The molecule has 0 bridgehead atoms. The van der Waals surface area contributed by atoms with Gasteiger partial charge in [-0.15, -0.1) is 11.3 Å². The SMILES string of the molecule is c1ccc2c(-c3ccc(-c4c5ccccc5c(-c5ccc6c(c5)sc5c7ccccc7ccc65)c5ccccc45)cc3)cccc2c1. The molecule has 0 saturated carbocycles. The van der Waals surface area contributed by atoms with Crippen molar-refractivity contribution < 1.29 is 0 Å². The molecule has 10 aromatic rings. The lowest BCUT2D eigenvalue weighted by molar-refractivity contribution is 1.63. The second-order valence-electron chi connectivity index (χ2n) is 12.4. The molecule has 0 fully saturated rings. The van der Waals surface area contributed by atoms with Crippen LogP contribution >= 0.6 is 11.3 Å². The van der Waals surface area contributed by atoms with E-state index in [9.17, 15) is 0 Å². The fourth-order valence-corrected chi connectivity index (χ4v) is 8.98. The van der Waals surface area contributed by atoms with Crippen molar-refractivity contribution in [3.8, 4) is 33.4 Å². The molecule has 9 aromatic carbocycles. The maximum Gasteiger partial charge on any atom is 0.0433 e. The number of thiophene rings is 1. The zero-order valence-electron chi connectivity index (χ0n) is 25.6. The van der Waals surface area contributed by atoms with Crippen molar-refractivity contribution in [2.45, 2.75) is 0 Å². The fraction of sp³-hybridized carbons (Fsp3) is 0. The lowest BCUT2D eigenvalue weighted by Crippen LogP contribution is -1.91. The minimum Gasteiger partial charge on any atom is -0.135 e. The van der Waals surface area contributed by atoms with Crippen LogP contribution in [0.4, 0.5) is 0 Å². The molecule has 0 saturated heterocycles. The van der Waals surface area contributed by atoms with Crippen molar-refractivity contribution in [3.63, 3.8) is 0 Å². The third-order valence-corrected chi connectivity index (χ3v) is 11.1. The van der Waals surface area contributed by atoms with E-state index in [0.717, 1.165) is 0 Å². The Kier molecular flexibility index (Phi) is 5.85. The first-order valence-corrected chi connectivity index (χ1v) is 17.0. The molecular formula is C46H28S. The van der Waals surface area contributed by atoms with E-state index in [-0.39, 0.29) is 0 Å². The van der Waals surface area contributed by atoms with E-state index in [4.69, 9.17) is 0 Å². The lowest BCUT2D eigenvalue weighted by Gasteiger charge is -2.18. The van der Waals surface area contributed by atoms with Gasteiger partial charge in [-0.2, -0.15) is 0 Å². The highest BCUT2D eigenvalue weighted by Gasteiger charge is 2.18. The van der Waals surface area contributed by atoms with Gasteiger partial charge in [0.25, 0.3) is 0 Å². The first-order valence-electron chi connectivity index (χ1n) is 16.2. The Balaban J connectivity index is 1.18. The standard InChI is InChI=1S/C46H28S/c1-3-13-34-29(10-1)12-9-19-35(34)31-20-22-32(23-21-31)44-38-15-5-7-17-40(38)45(41-18-8-6-16-39(41)44)33-25-26-37-42-27-24-30-11-2-4-14-36(30)46(42)47-43(37)28-33/h1-28H. The van der Waals surface area contributed by atoms with E-state index in [1.165, 1.54) is 96.6 Å². The number of fused-ring (bicyclic) bond motifs is 8. The molecule has 1 heteroatoms. The average Bonchev–Trinajstić information content (AvgIpc) is 3.52. The zero-order valence-corrected chi connectivity index (χ0v) is 26.4. The minimum absolute atomic E-state index is 1.24.